The molecule has 1 N–H and O–H groups in total. The Kier molecular flexibility index (Phi) is 13.7. The number of benzene rings is 1. The van der Waals surface area contributed by atoms with E-state index in [4.69, 9.17) is 5.11 Å². The van der Waals surface area contributed by atoms with Crippen LogP contribution in [0.25, 0.3) is 10.9 Å². The summed E-state index contributed by atoms with van der Waals surface area (Å²) in [6, 6.07) is 7.91. The Morgan fingerprint density at radius 1 is 0.735 bits per heavy atom. The number of carboxylic acid groups (broad SMARTS) is 1. The van der Waals surface area contributed by atoms with Crippen LogP contribution in [0.3, 0.4) is 0 Å². The van der Waals surface area contributed by atoms with E-state index in [1.54, 1.807) is 0 Å². The van der Waals surface area contributed by atoms with Gasteiger partial charge in [-0.15, -0.1) is 0 Å². The second-order valence-electron chi connectivity index (χ2n) is 9.91. The van der Waals surface area contributed by atoms with Crippen LogP contribution in [0.15, 0.2) is 24.3 Å². The van der Waals surface area contributed by atoms with Crippen molar-refractivity contribution in [2.45, 2.75) is 122 Å². The van der Waals surface area contributed by atoms with E-state index in [0.29, 0.717) is 12.8 Å². The maximum absolute atomic E-state index is 13.1. The Labute approximate surface area is 207 Å². The number of hydrogen-bond acceptors (Lipinski definition) is 2. The van der Waals surface area contributed by atoms with Crippen LogP contribution in [-0.2, 0) is 18.3 Å². The van der Waals surface area contributed by atoms with Crippen LogP contribution < -0.4 is 0 Å². The number of ketones is 1. The van der Waals surface area contributed by atoms with Gasteiger partial charge in [-0.3, -0.25) is 9.59 Å². The number of aryl methyl sites for hydroxylation is 1. The summed E-state index contributed by atoms with van der Waals surface area (Å²) >= 11 is 0. The fourth-order valence-corrected chi connectivity index (χ4v) is 5.06. The first-order valence-corrected chi connectivity index (χ1v) is 13.9. The highest BCUT2D eigenvalue weighted by Crippen LogP contribution is 2.28. The first kappa shape index (κ1) is 28.1. The summed E-state index contributed by atoms with van der Waals surface area (Å²) in [4.78, 5) is 24.2. The van der Waals surface area contributed by atoms with Crippen molar-refractivity contribution >= 4 is 22.7 Å². The third-order valence-corrected chi connectivity index (χ3v) is 7.09. The second kappa shape index (κ2) is 16.5. The first-order chi connectivity index (χ1) is 16.6. The highest BCUT2D eigenvalue weighted by molar-refractivity contribution is 6.09. The van der Waals surface area contributed by atoms with Crippen LogP contribution >= 0.6 is 0 Å². The van der Waals surface area contributed by atoms with E-state index in [2.05, 4.69) is 6.92 Å². The largest absolute Gasteiger partial charge is 0.481 e. The molecule has 0 aliphatic rings. The SMILES string of the molecule is CCCCCCCCCCCCCCCCCC(=O)c1c(CCC(=O)O)n(C)c2ccccc12. The fraction of sp³-hybridized carbons (Fsp3) is 0.667. The van der Waals surface area contributed by atoms with Crippen molar-refractivity contribution < 1.29 is 14.7 Å². The number of aliphatic carboxylic acids is 1. The Morgan fingerprint density at radius 2 is 1.24 bits per heavy atom. The molecule has 1 aromatic carbocycles. The molecule has 2 rings (SSSR count). The van der Waals surface area contributed by atoms with Crippen molar-refractivity contribution in [3.8, 4) is 0 Å². The molecule has 0 spiro atoms. The first-order valence-electron chi connectivity index (χ1n) is 13.9. The van der Waals surface area contributed by atoms with Crippen LogP contribution in [0.2, 0.25) is 0 Å². The lowest BCUT2D eigenvalue weighted by molar-refractivity contribution is -0.137. The Hall–Kier alpha value is -2.10. The number of carboxylic acids is 1. The van der Waals surface area contributed by atoms with E-state index in [0.717, 1.165) is 35.0 Å². The summed E-state index contributed by atoms with van der Waals surface area (Å²) < 4.78 is 2.00. The number of Topliss-reactive ketones (excluding diaryl/α,β-unsaturated/α-hetero) is 1. The smallest absolute Gasteiger partial charge is 0.303 e. The van der Waals surface area contributed by atoms with Crippen LogP contribution in [0.5, 0.6) is 0 Å². The second-order valence-corrected chi connectivity index (χ2v) is 9.91. The van der Waals surface area contributed by atoms with Crippen molar-refractivity contribution in [1.82, 2.24) is 4.57 Å². The number of hydrogen-bond donors (Lipinski definition) is 1. The van der Waals surface area contributed by atoms with Gasteiger partial charge in [0.25, 0.3) is 0 Å². The molecule has 4 nitrogen and oxygen atoms in total. The minimum absolute atomic E-state index is 0.0450. The molecule has 0 saturated carbocycles. The number of carbonyl (C=O) groups is 2. The molecule has 0 bridgehead atoms. The van der Waals surface area contributed by atoms with Crippen LogP contribution in [0.1, 0.15) is 132 Å². The summed E-state index contributed by atoms with van der Waals surface area (Å²) in [7, 11) is 1.93. The van der Waals surface area contributed by atoms with Crippen LogP contribution in [0, 0.1) is 0 Å². The molecule has 0 aliphatic carbocycles. The van der Waals surface area contributed by atoms with E-state index < -0.39 is 5.97 Å². The average Bonchev–Trinajstić information content (AvgIpc) is 3.11. The molecule has 190 valence electrons. The topological polar surface area (TPSA) is 59.3 Å². The van der Waals surface area contributed by atoms with E-state index in [-0.39, 0.29) is 12.2 Å². The molecule has 0 fully saturated rings. The van der Waals surface area contributed by atoms with Gasteiger partial charge in [0.05, 0.1) is 6.42 Å². The van der Waals surface area contributed by atoms with E-state index in [1.807, 2.05) is 35.9 Å². The lowest BCUT2D eigenvalue weighted by atomic mass is 9.99. The number of rotatable bonds is 20. The monoisotopic (exact) mass is 469 g/mol. The van der Waals surface area contributed by atoms with Gasteiger partial charge < -0.3 is 9.67 Å². The van der Waals surface area contributed by atoms with Crippen molar-refractivity contribution in [2.75, 3.05) is 0 Å². The maximum Gasteiger partial charge on any atom is 0.303 e. The summed E-state index contributed by atoms with van der Waals surface area (Å²) in [5.74, 6) is -0.669. The predicted octanol–water partition coefficient (Wildman–Crippen LogP) is 8.64. The van der Waals surface area contributed by atoms with Gasteiger partial charge in [-0.2, -0.15) is 0 Å². The fourth-order valence-electron chi connectivity index (χ4n) is 5.06. The molecule has 4 heteroatoms. The minimum atomic E-state index is -0.828. The van der Waals surface area contributed by atoms with Crippen molar-refractivity contribution in [3.05, 3.63) is 35.5 Å². The summed E-state index contributed by atoms with van der Waals surface area (Å²) in [6.07, 6.45) is 20.7. The average molecular weight is 470 g/mol. The number of aromatic nitrogens is 1. The molecular weight excluding hydrogens is 422 g/mol. The molecule has 0 radical (unpaired) electrons. The van der Waals surface area contributed by atoms with E-state index in [1.165, 1.54) is 83.5 Å². The zero-order chi connectivity index (χ0) is 24.6. The third-order valence-electron chi connectivity index (χ3n) is 7.09. The molecular formula is C30H47NO3. The third kappa shape index (κ3) is 9.64. The Morgan fingerprint density at radius 3 is 1.76 bits per heavy atom. The minimum Gasteiger partial charge on any atom is -0.481 e. The van der Waals surface area contributed by atoms with Gasteiger partial charge in [-0.25, -0.2) is 0 Å². The molecule has 0 saturated heterocycles. The number of fused-ring (bicyclic) bond motifs is 1. The van der Waals surface area contributed by atoms with Crippen LogP contribution in [-0.4, -0.2) is 21.4 Å². The summed E-state index contributed by atoms with van der Waals surface area (Å²) in [5.41, 5.74) is 2.60. The van der Waals surface area contributed by atoms with E-state index >= 15 is 0 Å². The standard InChI is InChI=1S/C30H47NO3/c1-3-4-5-6-7-8-9-10-11-12-13-14-15-16-17-22-28(32)30-25-20-18-19-21-26(25)31(2)27(30)23-24-29(33)34/h18-21H,3-17,22-24H2,1-2H3,(H,33,34). The molecule has 0 atom stereocenters. The summed E-state index contributed by atoms with van der Waals surface area (Å²) in [6.45, 7) is 2.27. The van der Waals surface area contributed by atoms with Gasteiger partial charge in [-0.05, 0) is 18.9 Å². The van der Waals surface area contributed by atoms with Gasteiger partial charge in [0.2, 0.25) is 0 Å². The number of para-hydroxylation sites is 1. The van der Waals surface area contributed by atoms with Crippen molar-refractivity contribution in [1.29, 1.82) is 0 Å². The molecule has 1 aromatic heterocycles. The lowest BCUT2D eigenvalue weighted by Crippen LogP contribution is -2.08. The van der Waals surface area contributed by atoms with Gasteiger partial charge >= 0.3 is 5.97 Å². The maximum atomic E-state index is 13.1. The zero-order valence-electron chi connectivity index (χ0n) is 21.7. The number of unbranched alkanes of at least 4 members (excludes halogenated alkanes) is 14. The number of carbonyl (C=O) groups excluding carboxylic acids is 1. The van der Waals surface area contributed by atoms with Crippen molar-refractivity contribution in [2.24, 2.45) is 7.05 Å². The zero-order valence-corrected chi connectivity index (χ0v) is 21.7. The van der Waals surface area contributed by atoms with Gasteiger partial charge in [0.15, 0.2) is 5.78 Å². The van der Waals surface area contributed by atoms with Gasteiger partial charge in [-0.1, -0.05) is 115 Å². The number of nitrogens with zero attached hydrogens (tertiary/aromatic N) is 1. The molecule has 0 unspecified atom stereocenters. The molecule has 2 aromatic rings. The highest BCUT2D eigenvalue weighted by Gasteiger charge is 2.20. The quantitative estimate of drug-likeness (QED) is 0.156. The summed E-state index contributed by atoms with van der Waals surface area (Å²) in [5, 5.41) is 10.1. The lowest BCUT2D eigenvalue weighted by Gasteiger charge is -2.07. The Bertz CT molecular complexity index is 867. The van der Waals surface area contributed by atoms with Crippen LogP contribution in [0.4, 0.5) is 0 Å². The van der Waals surface area contributed by atoms with E-state index in [9.17, 15) is 9.59 Å². The normalized spacial score (nSPS) is 11.4. The molecule has 1 heterocycles. The van der Waals surface area contributed by atoms with Gasteiger partial charge in [0.1, 0.15) is 0 Å². The predicted molar refractivity (Wildman–Crippen MR) is 143 cm³/mol. The Balaban J connectivity index is 1.63. The molecule has 0 amide bonds. The van der Waals surface area contributed by atoms with Crippen molar-refractivity contribution in [3.63, 3.8) is 0 Å². The molecule has 34 heavy (non-hydrogen) atoms. The van der Waals surface area contributed by atoms with Gasteiger partial charge in [0, 0.05) is 35.6 Å². The molecule has 0 aliphatic heterocycles. The highest BCUT2D eigenvalue weighted by atomic mass is 16.4.